The van der Waals surface area contributed by atoms with Crippen LogP contribution in [-0.4, -0.2) is 71.8 Å². The summed E-state index contributed by atoms with van der Waals surface area (Å²) in [7, 11) is -25.1. The van der Waals surface area contributed by atoms with Gasteiger partial charge < -0.3 is 9.97 Å². The van der Waals surface area contributed by atoms with Crippen LogP contribution in [0.4, 0.5) is 70.2 Å². The number of hydrogen-bond donors (Lipinski definition) is 6. The van der Waals surface area contributed by atoms with E-state index < -0.39 is 242 Å². The van der Waals surface area contributed by atoms with Crippen molar-refractivity contribution in [2.24, 2.45) is 0 Å². The molecule has 80 heavy (non-hydrogen) atoms. The van der Waals surface area contributed by atoms with Crippen molar-refractivity contribution in [1.29, 1.82) is 0 Å². The molecule has 0 radical (unpaired) electrons. The molecule has 2 aliphatic rings. The second-order valence-corrected chi connectivity index (χ2v) is 21.7. The molecule has 0 saturated heterocycles. The molecule has 0 saturated carbocycles. The average Bonchev–Trinajstić information content (AvgIpc) is 4.21. The highest BCUT2D eigenvalue weighted by Gasteiger charge is 2.40. The number of aromatic amines is 2. The van der Waals surface area contributed by atoms with E-state index in [1.807, 2.05) is 0 Å². The van der Waals surface area contributed by atoms with Gasteiger partial charge in [-0.1, -0.05) is 0 Å². The van der Waals surface area contributed by atoms with Gasteiger partial charge in [0, 0.05) is 44.3 Å². The molecule has 36 heteroatoms. The molecule has 0 fully saturated rings. The molecule has 4 aromatic carbocycles. The fourth-order valence-electron chi connectivity index (χ4n) is 8.49. The summed E-state index contributed by atoms with van der Waals surface area (Å²) in [6.07, 6.45) is 1.69. The van der Waals surface area contributed by atoms with Crippen LogP contribution >= 0.6 is 0 Å². The van der Waals surface area contributed by atoms with Crippen LogP contribution in [-0.2, 0) is 40.5 Å². The van der Waals surface area contributed by atoms with Gasteiger partial charge in [-0.3, -0.25) is 18.2 Å². The number of nitrogens with one attached hydrogen (secondary N) is 2. The summed E-state index contributed by atoms with van der Waals surface area (Å²) < 4.78 is 389. The third-order valence-corrected chi connectivity index (χ3v) is 15.2. The molecular formula is C44H14F16N4O12S4. The smallest absolute Gasteiger partial charge is 0.300 e. The minimum absolute atomic E-state index is 0.422. The zero-order valence-corrected chi connectivity index (χ0v) is 40.5. The van der Waals surface area contributed by atoms with Crippen LogP contribution < -0.4 is 0 Å². The molecule has 0 amide bonds. The first kappa shape index (κ1) is 56.7. The molecule has 8 bridgehead atoms. The molecule has 0 unspecified atom stereocenters. The molecule has 3 aromatic heterocycles. The van der Waals surface area contributed by atoms with Gasteiger partial charge in [0.25, 0.3) is 0 Å². The Morgan fingerprint density at radius 3 is 0.550 bits per heavy atom. The third-order valence-electron chi connectivity index (χ3n) is 11.7. The molecule has 0 aliphatic carbocycles. The summed E-state index contributed by atoms with van der Waals surface area (Å²) in [4.78, 5) is 1.12. The Balaban J connectivity index is 1.62. The molecule has 0 spiro atoms. The fraction of sp³-hybridized carbons (Fsp3) is 0. The largest absolute Gasteiger partial charge is 0.354 e. The van der Waals surface area contributed by atoms with Gasteiger partial charge in [-0.05, 0) is 48.6 Å². The lowest BCUT2D eigenvalue weighted by atomic mass is 10.0. The lowest BCUT2D eigenvalue weighted by Crippen LogP contribution is -2.12. The number of H-pyrrole nitrogens is 2. The number of rotatable bonds is 8. The van der Waals surface area contributed by atoms with Crippen molar-refractivity contribution in [1.82, 2.24) is 19.9 Å². The molecule has 5 heterocycles. The Morgan fingerprint density at radius 1 is 0.263 bits per heavy atom. The predicted molar refractivity (Wildman–Crippen MR) is 239 cm³/mol. The number of benzene rings is 4. The van der Waals surface area contributed by atoms with Gasteiger partial charge in [0.05, 0.1) is 45.0 Å². The number of aromatic nitrogens is 4. The molecular weight excluding hydrogens is 1210 g/mol. The van der Waals surface area contributed by atoms with E-state index in [1.54, 1.807) is 0 Å². The van der Waals surface area contributed by atoms with Gasteiger partial charge in [-0.2, -0.15) is 33.7 Å². The molecule has 7 aromatic rings. The SMILES string of the molecule is O=S(=O)(O)c1c(F)c(F)c(-c2c3nc(c(-c4c(F)c(F)c(S(=O)(=O)O)c(F)c4F)c4ccc([nH]4)c(-c4c(F)c(F)c(S(=O)(=O)O)c(F)c4F)c4nc(c(-c5c(F)c(F)c(S(=O)(=O)O)c(F)c5F)c5ccc2[nH]5)C=C4)C=C3)c(F)c1F. The van der Waals surface area contributed by atoms with Gasteiger partial charge in [-0.15, -0.1) is 0 Å². The molecule has 9 rings (SSSR count). The number of fused-ring (bicyclic) bond motifs is 8. The van der Waals surface area contributed by atoms with E-state index in [9.17, 15) is 51.9 Å². The Hall–Kier alpha value is -8.00. The first-order valence-electron chi connectivity index (χ1n) is 20.4. The zero-order chi connectivity index (χ0) is 59.3. The third kappa shape index (κ3) is 8.68. The summed E-state index contributed by atoms with van der Waals surface area (Å²) >= 11 is 0. The van der Waals surface area contributed by atoms with Crippen molar-refractivity contribution < 1.29 is 122 Å². The minimum atomic E-state index is -6.27. The zero-order valence-electron chi connectivity index (χ0n) is 37.2. The molecule has 0 atom stereocenters. The van der Waals surface area contributed by atoms with E-state index in [0.717, 1.165) is 0 Å². The van der Waals surface area contributed by atoms with Crippen LogP contribution in [0.3, 0.4) is 0 Å². The maximum Gasteiger partial charge on any atom is 0.300 e. The van der Waals surface area contributed by atoms with Gasteiger partial charge in [-0.25, -0.2) is 80.2 Å². The van der Waals surface area contributed by atoms with Gasteiger partial charge >= 0.3 is 40.5 Å². The van der Waals surface area contributed by atoms with E-state index in [4.69, 9.17) is 0 Å². The van der Waals surface area contributed by atoms with Crippen LogP contribution in [0, 0.1) is 93.1 Å². The van der Waals surface area contributed by atoms with Gasteiger partial charge in [0.1, 0.15) is 0 Å². The van der Waals surface area contributed by atoms with Crippen molar-refractivity contribution >= 4 is 86.8 Å². The summed E-state index contributed by atoms with van der Waals surface area (Å²) in [5, 5.41) is 0. The lowest BCUT2D eigenvalue weighted by molar-refractivity contribution is 0.406. The van der Waals surface area contributed by atoms with Crippen molar-refractivity contribution in [2.75, 3.05) is 0 Å². The van der Waals surface area contributed by atoms with Crippen LogP contribution in [0.15, 0.2) is 43.8 Å². The first-order valence-corrected chi connectivity index (χ1v) is 26.2. The van der Waals surface area contributed by atoms with Crippen molar-refractivity contribution in [2.45, 2.75) is 19.6 Å². The number of nitrogens with zero attached hydrogens (tertiary/aromatic N) is 2. The highest BCUT2D eigenvalue weighted by atomic mass is 32.2. The maximum absolute atomic E-state index is 16.3. The Morgan fingerprint density at radius 2 is 0.412 bits per heavy atom. The van der Waals surface area contributed by atoms with Crippen LogP contribution in [0.1, 0.15) is 22.8 Å². The van der Waals surface area contributed by atoms with Crippen molar-refractivity contribution in [3.63, 3.8) is 0 Å². The van der Waals surface area contributed by atoms with Crippen LogP contribution in [0.5, 0.6) is 0 Å². The quantitative estimate of drug-likeness (QED) is 0.0469. The second-order valence-electron chi connectivity index (χ2n) is 16.2. The normalized spacial score (nSPS) is 13.1. The van der Waals surface area contributed by atoms with E-state index in [-0.39, 0.29) is 0 Å². The lowest BCUT2D eigenvalue weighted by Gasteiger charge is -2.13. The fourth-order valence-corrected chi connectivity index (χ4v) is 11.0. The minimum Gasteiger partial charge on any atom is -0.354 e. The summed E-state index contributed by atoms with van der Waals surface area (Å²) in [6.45, 7) is 0. The monoisotopic (exact) mass is 1220 g/mol. The van der Waals surface area contributed by atoms with E-state index in [0.29, 0.717) is 48.6 Å². The number of hydrogen-bond acceptors (Lipinski definition) is 10. The van der Waals surface area contributed by atoms with E-state index in [1.165, 1.54) is 0 Å². The standard InChI is InChI=1S/C44H14F16N4O12S4/c45-25-21(26(46)34(54)41(33(25)53)77(65,66)67)17-9-1-2-10(61-9)18(22-27(47)35(55)42(78(68,69)70)36(56)28(22)48)12-5-6-14(63-12)20(24-31(51)39(59)44(80(74,75)76)40(60)32(24)52)16-8-7-15(64-16)19(13-4-3-11(17)62-13)23-29(49)37(57)43(79(71,72)73)38(58)30(23)50/h1-8,61,64H,(H,65,66,67)(H,68,69,70)(H,71,72,73)(H,74,75,76). The molecule has 16 nitrogen and oxygen atoms in total. The van der Waals surface area contributed by atoms with Gasteiger partial charge in [0.2, 0.25) is 0 Å². The average molecular weight is 1220 g/mol. The topological polar surface area (TPSA) is 275 Å². The maximum atomic E-state index is 16.3. The summed E-state index contributed by atoms with van der Waals surface area (Å²) in [6, 6.07) is 1.80. The van der Waals surface area contributed by atoms with Gasteiger partial charge in [0.15, 0.2) is 113 Å². The Labute approximate surface area is 431 Å². The summed E-state index contributed by atoms with van der Waals surface area (Å²) in [5.74, 6) is -45.8. The molecule has 6 N–H and O–H groups in total. The second kappa shape index (κ2) is 18.8. The summed E-state index contributed by atoms with van der Waals surface area (Å²) in [5.41, 5.74) is -24.3. The highest BCUT2D eigenvalue weighted by Crippen LogP contribution is 2.46. The van der Waals surface area contributed by atoms with Crippen molar-refractivity contribution in [3.8, 4) is 44.5 Å². The van der Waals surface area contributed by atoms with Crippen LogP contribution in [0.25, 0.3) is 90.9 Å². The first-order chi connectivity index (χ1) is 36.9. The predicted octanol–water partition coefficient (Wildman–Crippen LogP) is 10.5. The molecule has 418 valence electrons. The van der Waals surface area contributed by atoms with E-state index in [2.05, 4.69) is 19.9 Å². The van der Waals surface area contributed by atoms with Crippen molar-refractivity contribution in [3.05, 3.63) is 140 Å². The number of halogens is 16. The molecule has 2 aliphatic heterocycles. The van der Waals surface area contributed by atoms with E-state index >= 15 is 70.2 Å². The Bertz CT molecular complexity index is 4100. The van der Waals surface area contributed by atoms with Crippen LogP contribution in [0.2, 0.25) is 0 Å². The Kier molecular flexibility index (Phi) is 13.3. The highest BCUT2D eigenvalue weighted by molar-refractivity contribution is 7.86.